The number of anilines is 1. The normalized spacial score (nSPS) is 15.1. The van der Waals surface area contributed by atoms with Gasteiger partial charge in [-0.15, -0.1) is 11.8 Å². The Kier molecular flexibility index (Phi) is 3.11. The van der Waals surface area contributed by atoms with E-state index < -0.39 is 5.54 Å². The minimum Gasteiger partial charge on any atom is -0.368 e. The van der Waals surface area contributed by atoms with Crippen molar-refractivity contribution < 1.29 is 0 Å². The third kappa shape index (κ3) is 2.51. The average molecular weight is 232 g/mol. The van der Waals surface area contributed by atoms with Crippen LogP contribution in [0.2, 0.25) is 0 Å². The van der Waals surface area contributed by atoms with Crippen LogP contribution < -0.4 is 5.32 Å². The number of benzene rings is 1. The lowest BCUT2D eigenvalue weighted by Gasteiger charge is -2.21. The molecule has 0 amide bonds. The van der Waals surface area contributed by atoms with Crippen LogP contribution in [0.4, 0.5) is 5.69 Å². The fourth-order valence-electron chi connectivity index (χ4n) is 1.83. The van der Waals surface area contributed by atoms with Gasteiger partial charge in [-0.25, -0.2) is 0 Å². The van der Waals surface area contributed by atoms with E-state index >= 15 is 0 Å². The molecule has 2 nitrogen and oxygen atoms in total. The summed E-state index contributed by atoms with van der Waals surface area (Å²) in [5, 5.41) is 12.2. The SMILES string of the molecule is CC(C)(C#N)Nc1ccc2c(c1)CCCS2. The maximum absolute atomic E-state index is 8.98. The van der Waals surface area contributed by atoms with Gasteiger partial charge in [0.1, 0.15) is 5.54 Å². The van der Waals surface area contributed by atoms with Crippen LogP contribution in [0.3, 0.4) is 0 Å². The van der Waals surface area contributed by atoms with Crippen molar-refractivity contribution in [2.75, 3.05) is 11.1 Å². The van der Waals surface area contributed by atoms with Crippen LogP contribution in [0, 0.1) is 11.3 Å². The summed E-state index contributed by atoms with van der Waals surface area (Å²) in [6.07, 6.45) is 2.41. The van der Waals surface area contributed by atoms with Gasteiger partial charge < -0.3 is 5.32 Å². The molecule has 1 aromatic carbocycles. The van der Waals surface area contributed by atoms with Gasteiger partial charge in [0.05, 0.1) is 6.07 Å². The summed E-state index contributed by atoms with van der Waals surface area (Å²) < 4.78 is 0. The first-order chi connectivity index (χ1) is 7.61. The summed E-state index contributed by atoms with van der Waals surface area (Å²) in [5.74, 6) is 1.23. The average Bonchev–Trinajstić information content (AvgIpc) is 2.28. The summed E-state index contributed by atoms with van der Waals surface area (Å²) in [7, 11) is 0. The summed E-state index contributed by atoms with van der Waals surface area (Å²) in [4.78, 5) is 1.39. The van der Waals surface area contributed by atoms with Crippen LogP contribution in [0.25, 0.3) is 0 Å². The molecule has 1 heterocycles. The maximum Gasteiger partial charge on any atom is 0.119 e. The number of fused-ring (bicyclic) bond motifs is 1. The molecule has 0 saturated carbocycles. The first-order valence-electron chi connectivity index (χ1n) is 5.56. The van der Waals surface area contributed by atoms with E-state index in [1.807, 2.05) is 25.6 Å². The topological polar surface area (TPSA) is 35.8 Å². The minimum absolute atomic E-state index is 0.504. The van der Waals surface area contributed by atoms with Crippen LogP contribution in [0.1, 0.15) is 25.8 Å². The maximum atomic E-state index is 8.98. The number of hydrogen-bond acceptors (Lipinski definition) is 3. The molecule has 0 fully saturated rings. The van der Waals surface area contributed by atoms with E-state index in [-0.39, 0.29) is 0 Å². The highest BCUT2D eigenvalue weighted by Gasteiger charge is 2.17. The van der Waals surface area contributed by atoms with Gasteiger partial charge in [0, 0.05) is 10.6 Å². The summed E-state index contributed by atoms with van der Waals surface area (Å²) in [6.45, 7) is 3.78. The highest BCUT2D eigenvalue weighted by molar-refractivity contribution is 7.99. The predicted octanol–water partition coefficient (Wildman–Crippen LogP) is 3.44. The molecule has 0 unspecified atom stereocenters. The predicted molar refractivity (Wildman–Crippen MR) is 68.8 cm³/mol. The van der Waals surface area contributed by atoms with Gasteiger partial charge in [-0.3, -0.25) is 0 Å². The van der Waals surface area contributed by atoms with Gasteiger partial charge in [-0.05, 0) is 56.2 Å². The first-order valence-corrected chi connectivity index (χ1v) is 6.54. The third-order valence-electron chi connectivity index (χ3n) is 2.64. The molecule has 0 saturated heterocycles. The second-order valence-electron chi connectivity index (χ2n) is 4.64. The lowest BCUT2D eigenvalue weighted by molar-refractivity contribution is 0.728. The number of nitriles is 1. The molecule has 0 bridgehead atoms. The van der Waals surface area contributed by atoms with E-state index in [4.69, 9.17) is 5.26 Å². The van der Waals surface area contributed by atoms with E-state index in [0.29, 0.717) is 0 Å². The van der Waals surface area contributed by atoms with Gasteiger partial charge in [-0.1, -0.05) is 0 Å². The van der Waals surface area contributed by atoms with E-state index in [9.17, 15) is 0 Å². The standard InChI is InChI=1S/C13H16N2S/c1-13(2,9-14)15-11-5-6-12-10(8-11)4-3-7-16-12/h5-6,8,15H,3-4,7H2,1-2H3. The Morgan fingerprint density at radius 2 is 2.25 bits per heavy atom. The van der Waals surface area contributed by atoms with Gasteiger partial charge in [0.25, 0.3) is 0 Å². The quantitative estimate of drug-likeness (QED) is 0.848. The molecule has 16 heavy (non-hydrogen) atoms. The van der Waals surface area contributed by atoms with E-state index in [2.05, 4.69) is 29.6 Å². The molecule has 0 aliphatic carbocycles. The Morgan fingerprint density at radius 3 is 3.00 bits per heavy atom. The first kappa shape index (κ1) is 11.3. The second-order valence-corrected chi connectivity index (χ2v) is 5.77. The zero-order valence-corrected chi connectivity index (χ0v) is 10.5. The fraction of sp³-hybridized carbons (Fsp3) is 0.462. The molecule has 0 atom stereocenters. The van der Waals surface area contributed by atoms with Crippen molar-refractivity contribution >= 4 is 17.4 Å². The fourth-order valence-corrected chi connectivity index (χ4v) is 2.85. The third-order valence-corrected chi connectivity index (χ3v) is 3.85. The number of rotatable bonds is 2. The molecule has 0 spiro atoms. The molecule has 3 heteroatoms. The van der Waals surface area contributed by atoms with Gasteiger partial charge >= 0.3 is 0 Å². The molecule has 1 N–H and O–H groups in total. The van der Waals surface area contributed by atoms with Crippen molar-refractivity contribution in [1.82, 2.24) is 0 Å². The second kappa shape index (κ2) is 4.39. The Bertz CT molecular complexity index is 432. The van der Waals surface area contributed by atoms with E-state index in [1.165, 1.54) is 22.6 Å². The van der Waals surface area contributed by atoms with E-state index in [1.54, 1.807) is 0 Å². The Balaban J connectivity index is 2.21. The molecule has 84 valence electrons. The highest BCUT2D eigenvalue weighted by Crippen LogP contribution is 2.32. The molecule has 2 rings (SSSR count). The molecule has 1 aromatic rings. The lowest BCUT2D eigenvalue weighted by atomic mass is 10.1. The van der Waals surface area contributed by atoms with Crippen molar-refractivity contribution in [3.63, 3.8) is 0 Å². The number of thioether (sulfide) groups is 1. The van der Waals surface area contributed by atoms with Crippen molar-refractivity contribution in [3.8, 4) is 6.07 Å². The van der Waals surface area contributed by atoms with Crippen LogP contribution >= 0.6 is 11.8 Å². The number of aryl methyl sites for hydroxylation is 1. The number of nitrogens with zero attached hydrogens (tertiary/aromatic N) is 1. The van der Waals surface area contributed by atoms with Crippen molar-refractivity contribution in [1.29, 1.82) is 5.26 Å². The number of hydrogen-bond donors (Lipinski definition) is 1. The van der Waals surface area contributed by atoms with Gasteiger partial charge in [0.2, 0.25) is 0 Å². The zero-order chi connectivity index (χ0) is 11.6. The molecule has 1 aliphatic heterocycles. The molecule has 1 aliphatic rings. The zero-order valence-electron chi connectivity index (χ0n) is 9.71. The lowest BCUT2D eigenvalue weighted by Crippen LogP contribution is -2.28. The summed E-state index contributed by atoms with van der Waals surface area (Å²) in [6, 6.07) is 8.66. The van der Waals surface area contributed by atoms with Gasteiger partial charge in [-0.2, -0.15) is 5.26 Å². The number of nitrogens with one attached hydrogen (secondary N) is 1. The van der Waals surface area contributed by atoms with Crippen LogP contribution in [-0.4, -0.2) is 11.3 Å². The Hall–Kier alpha value is -1.14. The van der Waals surface area contributed by atoms with Crippen LogP contribution in [-0.2, 0) is 6.42 Å². The molecule has 0 radical (unpaired) electrons. The molecular formula is C13H16N2S. The Labute approximate surface area is 101 Å². The minimum atomic E-state index is -0.504. The van der Waals surface area contributed by atoms with Crippen LogP contribution in [0.5, 0.6) is 0 Å². The summed E-state index contributed by atoms with van der Waals surface area (Å²) in [5.41, 5.74) is 1.96. The van der Waals surface area contributed by atoms with E-state index in [0.717, 1.165) is 12.1 Å². The smallest absolute Gasteiger partial charge is 0.119 e. The van der Waals surface area contributed by atoms with Crippen molar-refractivity contribution in [2.45, 2.75) is 37.1 Å². The van der Waals surface area contributed by atoms with Gasteiger partial charge in [0.15, 0.2) is 0 Å². The molecule has 0 aromatic heterocycles. The van der Waals surface area contributed by atoms with Crippen molar-refractivity contribution in [2.24, 2.45) is 0 Å². The summed E-state index contributed by atoms with van der Waals surface area (Å²) >= 11 is 1.93. The monoisotopic (exact) mass is 232 g/mol. The van der Waals surface area contributed by atoms with Crippen LogP contribution in [0.15, 0.2) is 23.1 Å². The largest absolute Gasteiger partial charge is 0.368 e. The Morgan fingerprint density at radius 1 is 1.44 bits per heavy atom. The molecular weight excluding hydrogens is 216 g/mol. The highest BCUT2D eigenvalue weighted by atomic mass is 32.2. The van der Waals surface area contributed by atoms with Crippen molar-refractivity contribution in [3.05, 3.63) is 23.8 Å².